The van der Waals surface area contributed by atoms with E-state index in [-0.39, 0.29) is 17.9 Å². The van der Waals surface area contributed by atoms with Gasteiger partial charge in [0, 0.05) is 18.9 Å². The van der Waals surface area contributed by atoms with Crippen LogP contribution >= 0.6 is 0 Å². The quantitative estimate of drug-likeness (QED) is 0.738. The summed E-state index contributed by atoms with van der Waals surface area (Å²) < 4.78 is 10.5. The third-order valence-corrected chi connectivity index (χ3v) is 3.32. The molecule has 1 heterocycles. The molecule has 0 aliphatic carbocycles. The molecule has 1 rings (SSSR count). The molecular weight excluding hydrogens is 212 g/mol. The average molecular weight is 232 g/mol. The number of carbonyl (C=O) groups is 1. The van der Waals surface area contributed by atoms with E-state index < -0.39 is 18.2 Å². The number of rotatable bonds is 4. The first-order valence-corrected chi connectivity index (χ1v) is 5.58. The van der Waals surface area contributed by atoms with Crippen molar-refractivity contribution in [2.24, 2.45) is 11.8 Å². The van der Waals surface area contributed by atoms with Gasteiger partial charge < -0.3 is 19.7 Å². The van der Waals surface area contributed by atoms with Crippen LogP contribution in [0.5, 0.6) is 0 Å². The highest BCUT2D eigenvalue weighted by atomic mass is 16.6. The minimum Gasteiger partial charge on any atom is -0.479 e. The Labute approximate surface area is 95.4 Å². The summed E-state index contributed by atoms with van der Waals surface area (Å²) in [6.07, 6.45) is -1.36. The van der Waals surface area contributed by atoms with Gasteiger partial charge in [0.05, 0.1) is 18.8 Å². The van der Waals surface area contributed by atoms with Crippen LogP contribution in [0.1, 0.15) is 20.3 Å². The van der Waals surface area contributed by atoms with E-state index in [2.05, 4.69) is 0 Å². The molecule has 0 bridgehead atoms. The van der Waals surface area contributed by atoms with Crippen molar-refractivity contribution in [3.05, 3.63) is 0 Å². The van der Waals surface area contributed by atoms with Gasteiger partial charge in [0.15, 0.2) is 6.10 Å². The third-order valence-electron chi connectivity index (χ3n) is 3.32. The highest BCUT2D eigenvalue weighted by Crippen LogP contribution is 2.32. The molecule has 0 amide bonds. The largest absolute Gasteiger partial charge is 0.479 e. The van der Waals surface area contributed by atoms with E-state index >= 15 is 0 Å². The van der Waals surface area contributed by atoms with Crippen molar-refractivity contribution in [3.8, 4) is 0 Å². The Kier molecular flexibility index (Phi) is 4.70. The standard InChI is InChI=1S/C11H20O5/c1-4-7-9(12)6(2)8(5-15-3)16-10(7)11(13)14/h6-10,12H,4-5H2,1-3H3,(H,13,14). The Hall–Kier alpha value is -0.650. The molecule has 5 nitrogen and oxygen atoms in total. The molecule has 0 spiro atoms. The van der Waals surface area contributed by atoms with Gasteiger partial charge in [-0.05, 0) is 6.42 Å². The summed E-state index contributed by atoms with van der Waals surface area (Å²) in [7, 11) is 1.53. The molecule has 5 atom stereocenters. The highest BCUT2D eigenvalue weighted by Gasteiger charge is 2.45. The summed E-state index contributed by atoms with van der Waals surface area (Å²) in [4.78, 5) is 11.0. The molecule has 2 N–H and O–H groups in total. The molecule has 5 unspecified atom stereocenters. The lowest BCUT2D eigenvalue weighted by atomic mass is 9.80. The van der Waals surface area contributed by atoms with Gasteiger partial charge in [-0.25, -0.2) is 4.79 Å². The van der Waals surface area contributed by atoms with Crippen LogP contribution in [0.3, 0.4) is 0 Å². The van der Waals surface area contributed by atoms with Gasteiger partial charge >= 0.3 is 5.97 Å². The number of carboxylic acids is 1. The molecule has 16 heavy (non-hydrogen) atoms. The SMILES string of the molecule is CCC1C(C(=O)O)OC(COC)C(C)C1O. The van der Waals surface area contributed by atoms with Gasteiger partial charge in [0.2, 0.25) is 0 Å². The van der Waals surface area contributed by atoms with E-state index in [9.17, 15) is 9.90 Å². The van der Waals surface area contributed by atoms with E-state index in [4.69, 9.17) is 14.6 Å². The first kappa shape index (κ1) is 13.4. The summed E-state index contributed by atoms with van der Waals surface area (Å²) in [6.45, 7) is 4.02. The van der Waals surface area contributed by atoms with Gasteiger partial charge in [0.25, 0.3) is 0 Å². The summed E-state index contributed by atoms with van der Waals surface area (Å²) in [5.41, 5.74) is 0. The average Bonchev–Trinajstić information content (AvgIpc) is 2.24. The summed E-state index contributed by atoms with van der Waals surface area (Å²) in [6, 6.07) is 0. The predicted octanol–water partition coefficient (Wildman–Crippen LogP) is 0.508. The molecule has 0 saturated carbocycles. The molecule has 1 fully saturated rings. The maximum atomic E-state index is 11.0. The number of carboxylic acid groups (broad SMARTS) is 1. The number of hydrogen-bond donors (Lipinski definition) is 2. The number of aliphatic hydroxyl groups is 1. The lowest BCUT2D eigenvalue weighted by Crippen LogP contribution is -2.53. The van der Waals surface area contributed by atoms with Crippen molar-refractivity contribution in [1.82, 2.24) is 0 Å². The number of aliphatic hydroxyl groups excluding tert-OH is 1. The number of hydrogen-bond acceptors (Lipinski definition) is 4. The summed E-state index contributed by atoms with van der Waals surface area (Å²) >= 11 is 0. The minimum absolute atomic E-state index is 0.111. The van der Waals surface area contributed by atoms with Crippen molar-refractivity contribution in [3.63, 3.8) is 0 Å². The minimum atomic E-state index is -1.01. The van der Waals surface area contributed by atoms with Crippen molar-refractivity contribution < 1.29 is 24.5 Å². The van der Waals surface area contributed by atoms with E-state index in [1.165, 1.54) is 7.11 Å². The summed E-state index contributed by atoms with van der Waals surface area (Å²) in [5.74, 6) is -1.47. The van der Waals surface area contributed by atoms with Crippen LogP contribution in [0, 0.1) is 11.8 Å². The van der Waals surface area contributed by atoms with Crippen LogP contribution in [-0.4, -0.2) is 48.2 Å². The van der Waals surface area contributed by atoms with Gasteiger partial charge in [-0.1, -0.05) is 13.8 Å². The van der Waals surface area contributed by atoms with Gasteiger partial charge in [-0.3, -0.25) is 0 Å². The zero-order valence-corrected chi connectivity index (χ0v) is 9.92. The Bertz CT molecular complexity index is 241. The third kappa shape index (κ3) is 2.53. The molecule has 1 aliphatic heterocycles. The van der Waals surface area contributed by atoms with Gasteiger partial charge in [-0.15, -0.1) is 0 Å². The molecule has 0 aromatic rings. The fraction of sp³-hybridized carbons (Fsp3) is 0.909. The number of ether oxygens (including phenoxy) is 2. The highest BCUT2D eigenvalue weighted by molar-refractivity contribution is 5.73. The number of methoxy groups -OCH3 is 1. The Balaban J connectivity index is 2.81. The fourth-order valence-electron chi connectivity index (χ4n) is 2.25. The van der Waals surface area contributed by atoms with Crippen LogP contribution in [0.15, 0.2) is 0 Å². The Morgan fingerprint density at radius 2 is 2.12 bits per heavy atom. The second-order valence-corrected chi connectivity index (χ2v) is 4.31. The Morgan fingerprint density at radius 1 is 1.50 bits per heavy atom. The molecular formula is C11H20O5. The molecule has 1 aliphatic rings. The predicted molar refractivity (Wildman–Crippen MR) is 57.1 cm³/mol. The second kappa shape index (κ2) is 5.61. The van der Waals surface area contributed by atoms with Crippen molar-refractivity contribution in [2.45, 2.75) is 38.6 Å². The molecule has 0 radical (unpaired) electrons. The molecule has 1 saturated heterocycles. The van der Waals surface area contributed by atoms with E-state index in [1.54, 1.807) is 0 Å². The number of aliphatic carboxylic acids is 1. The van der Waals surface area contributed by atoms with Crippen LogP contribution in [0.2, 0.25) is 0 Å². The first-order valence-electron chi connectivity index (χ1n) is 5.58. The van der Waals surface area contributed by atoms with E-state index in [0.29, 0.717) is 13.0 Å². The smallest absolute Gasteiger partial charge is 0.333 e. The van der Waals surface area contributed by atoms with Crippen LogP contribution in [-0.2, 0) is 14.3 Å². The van der Waals surface area contributed by atoms with Gasteiger partial charge in [0.1, 0.15) is 0 Å². The lowest BCUT2D eigenvalue weighted by Gasteiger charge is -2.41. The van der Waals surface area contributed by atoms with Crippen LogP contribution in [0.4, 0.5) is 0 Å². The van der Waals surface area contributed by atoms with Crippen LogP contribution < -0.4 is 0 Å². The maximum absolute atomic E-state index is 11.0. The van der Waals surface area contributed by atoms with Crippen molar-refractivity contribution in [1.29, 1.82) is 0 Å². The Morgan fingerprint density at radius 3 is 2.56 bits per heavy atom. The van der Waals surface area contributed by atoms with Gasteiger partial charge in [-0.2, -0.15) is 0 Å². The molecule has 94 valence electrons. The summed E-state index contributed by atoms with van der Waals surface area (Å²) in [5, 5.41) is 19.1. The van der Waals surface area contributed by atoms with Crippen molar-refractivity contribution >= 4 is 5.97 Å². The molecule has 5 heteroatoms. The van der Waals surface area contributed by atoms with Crippen molar-refractivity contribution in [2.75, 3.05) is 13.7 Å². The maximum Gasteiger partial charge on any atom is 0.333 e. The zero-order chi connectivity index (χ0) is 12.3. The normalized spacial score (nSPS) is 39.6. The zero-order valence-electron chi connectivity index (χ0n) is 9.92. The van der Waals surface area contributed by atoms with E-state index in [1.807, 2.05) is 13.8 Å². The van der Waals surface area contributed by atoms with E-state index in [0.717, 1.165) is 0 Å². The fourth-order valence-corrected chi connectivity index (χ4v) is 2.25. The van der Waals surface area contributed by atoms with Crippen LogP contribution in [0.25, 0.3) is 0 Å². The molecule has 0 aromatic heterocycles. The second-order valence-electron chi connectivity index (χ2n) is 4.31. The topological polar surface area (TPSA) is 76.0 Å². The lowest BCUT2D eigenvalue weighted by molar-refractivity contribution is -0.200. The first-order chi connectivity index (χ1) is 7.52. The molecule has 0 aromatic carbocycles. The monoisotopic (exact) mass is 232 g/mol.